The van der Waals surface area contributed by atoms with Crippen LogP contribution >= 0.6 is 0 Å². The van der Waals surface area contributed by atoms with E-state index in [1.54, 1.807) is 24.3 Å². The van der Waals surface area contributed by atoms with E-state index in [9.17, 15) is 19.2 Å². The Balaban J connectivity index is 1.44. The normalized spacial score (nSPS) is 12.7. The fraction of sp³-hybridized carbons (Fsp3) is 0.167. The van der Waals surface area contributed by atoms with Crippen LogP contribution in [0, 0.1) is 0 Å². The van der Waals surface area contributed by atoms with E-state index in [2.05, 4.69) is 11.4 Å². The number of Topliss-reactive ketones (excluding diaryl/α,β-unsaturated/α-hetero) is 1. The molecule has 4 aromatic carbocycles. The highest BCUT2D eigenvalue weighted by atomic mass is 16.4. The van der Waals surface area contributed by atoms with Gasteiger partial charge in [-0.3, -0.25) is 19.2 Å². The quantitative estimate of drug-likeness (QED) is 0.169. The number of ketones is 2. The summed E-state index contributed by atoms with van der Waals surface area (Å²) in [6, 6.07) is 29.4. The maximum Gasteiger partial charge on any atom is 0.305 e. The van der Waals surface area contributed by atoms with E-state index in [4.69, 9.17) is 5.11 Å². The maximum atomic E-state index is 13.9. The molecule has 0 saturated heterocycles. The number of carbonyl (C=O) groups is 4. The lowest BCUT2D eigenvalue weighted by atomic mass is 9.87. The van der Waals surface area contributed by atoms with Crippen LogP contribution in [0.4, 0.5) is 0 Å². The summed E-state index contributed by atoms with van der Waals surface area (Å²) in [7, 11) is 0. The molecule has 0 bridgehead atoms. The molecule has 6 nitrogen and oxygen atoms in total. The minimum atomic E-state index is -1.00. The van der Waals surface area contributed by atoms with Crippen LogP contribution in [-0.4, -0.2) is 35.1 Å². The molecule has 1 aliphatic rings. The first-order valence-corrected chi connectivity index (χ1v) is 14.1. The van der Waals surface area contributed by atoms with Gasteiger partial charge in [-0.05, 0) is 71.7 Å². The second-order valence-corrected chi connectivity index (χ2v) is 10.4. The minimum Gasteiger partial charge on any atom is -0.481 e. The Labute approximate surface area is 244 Å². The van der Waals surface area contributed by atoms with Crippen LogP contribution in [0.1, 0.15) is 67.0 Å². The molecule has 0 heterocycles. The Hall–Kier alpha value is -5.10. The zero-order chi connectivity index (χ0) is 29.5. The number of carboxylic acids is 1. The maximum absolute atomic E-state index is 13.9. The van der Waals surface area contributed by atoms with Crippen LogP contribution in [0.2, 0.25) is 0 Å². The molecule has 0 saturated carbocycles. The number of hydrogen-bond donors (Lipinski definition) is 2. The largest absolute Gasteiger partial charge is 0.481 e. The average molecular weight is 558 g/mol. The standard InChI is InChI=1S/C36H31NO5/c38-33(27-13-10-26(11-14-27)24-6-2-1-3-7-24)23-32(31-19-12-25-8-4-5-9-30(25)22-31)35(41)28-15-17-29(18-16-28)36(42)37-21-20-34(39)40/h1-3,6-7,10-19,22-23H,4-5,8-9,20-21H2,(H,37,42)(H,39,40). The van der Waals surface area contributed by atoms with Gasteiger partial charge in [0.15, 0.2) is 11.6 Å². The topological polar surface area (TPSA) is 101 Å². The van der Waals surface area contributed by atoms with E-state index in [-0.39, 0.29) is 24.5 Å². The van der Waals surface area contributed by atoms with E-state index in [1.165, 1.54) is 29.3 Å². The Kier molecular flexibility index (Phi) is 8.83. The molecule has 0 spiro atoms. The van der Waals surface area contributed by atoms with Crippen molar-refractivity contribution in [2.24, 2.45) is 0 Å². The summed E-state index contributed by atoms with van der Waals surface area (Å²) in [6.07, 6.45) is 5.40. The molecule has 0 fully saturated rings. The van der Waals surface area contributed by atoms with Crippen LogP contribution in [-0.2, 0) is 17.6 Å². The number of benzene rings is 4. The lowest BCUT2D eigenvalue weighted by Crippen LogP contribution is -2.26. The number of rotatable bonds is 10. The molecule has 6 heteroatoms. The van der Waals surface area contributed by atoms with E-state index in [0.717, 1.165) is 36.8 Å². The Morgan fingerprint density at radius 2 is 1.26 bits per heavy atom. The predicted octanol–water partition coefficient (Wildman–Crippen LogP) is 6.59. The van der Waals surface area contributed by atoms with Gasteiger partial charge >= 0.3 is 5.97 Å². The number of carboxylic acid groups (broad SMARTS) is 1. The molecule has 0 radical (unpaired) electrons. The van der Waals surface area contributed by atoms with Gasteiger partial charge in [0.25, 0.3) is 5.91 Å². The van der Waals surface area contributed by atoms with E-state index in [0.29, 0.717) is 27.8 Å². The number of allylic oxidation sites excluding steroid dienone is 2. The van der Waals surface area contributed by atoms with Crippen LogP contribution in [0.5, 0.6) is 0 Å². The third-order valence-corrected chi connectivity index (χ3v) is 7.49. The van der Waals surface area contributed by atoms with Gasteiger partial charge in [0.05, 0.1) is 6.42 Å². The van der Waals surface area contributed by atoms with Gasteiger partial charge in [0, 0.05) is 28.8 Å². The molecule has 42 heavy (non-hydrogen) atoms. The molecule has 0 unspecified atom stereocenters. The molecule has 1 aliphatic carbocycles. The minimum absolute atomic E-state index is 0.00844. The first kappa shape index (κ1) is 28.4. The van der Waals surface area contributed by atoms with E-state index >= 15 is 0 Å². The summed E-state index contributed by atoms with van der Waals surface area (Å²) < 4.78 is 0. The summed E-state index contributed by atoms with van der Waals surface area (Å²) in [5, 5.41) is 11.3. The fourth-order valence-electron chi connectivity index (χ4n) is 5.17. The average Bonchev–Trinajstić information content (AvgIpc) is 3.03. The number of fused-ring (bicyclic) bond motifs is 1. The zero-order valence-electron chi connectivity index (χ0n) is 23.1. The first-order valence-electron chi connectivity index (χ1n) is 14.1. The van der Waals surface area contributed by atoms with Gasteiger partial charge in [0.1, 0.15) is 0 Å². The highest BCUT2D eigenvalue weighted by Gasteiger charge is 2.20. The predicted molar refractivity (Wildman–Crippen MR) is 163 cm³/mol. The highest BCUT2D eigenvalue weighted by molar-refractivity contribution is 6.32. The Morgan fingerprint density at radius 1 is 0.667 bits per heavy atom. The van der Waals surface area contributed by atoms with Gasteiger partial charge in [-0.1, -0.05) is 84.9 Å². The number of aryl methyl sites for hydroxylation is 2. The third kappa shape index (κ3) is 6.78. The molecule has 0 aliphatic heterocycles. The lowest BCUT2D eigenvalue weighted by Gasteiger charge is -2.17. The van der Waals surface area contributed by atoms with Crippen molar-refractivity contribution in [2.75, 3.05) is 6.54 Å². The van der Waals surface area contributed by atoms with E-state index < -0.39 is 11.9 Å². The molecule has 5 rings (SSSR count). The van der Waals surface area contributed by atoms with Gasteiger partial charge < -0.3 is 10.4 Å². The van der Waals surface area contributed by atoms with Crippen molar-refractivity contribution in [1.29, 1.82) is 0 Å². The summed E-state index contributed by atoms with van der Waals surface area (Å²) in [4.78, 5) is 50.4. The summed E-state index contributed by atoms with van der Waals surface area (Å²) >= 11 is 0. The Morgan fingerprint density at radius 3 is 1.95 bits per heavy atom. The van der Waals surface area contributed by atoms with Crippen molar-refractivity contribution in [3.05, 3.63) is 137 Å². The van der Waals surface area contributed by atoms with Gasteiger partial charge in [-0.2, -0.15) is 0 Å². The van der Waals surface area contributed by atoms with Crippen LogP contribution < -0.4 is 5.32 Å². The number of amides is 1. The van der Waals surface area contributed by atoms with Crippen molar-refractivity contribution in [3.8, 4) is 11.1 Å². The van der Waals surface area contributed by atoms with Gasteiger partial charge in [0.2, 0.25) is 0 Å². The molecule has 0 atom stereocenters. The summed E-state index contributed by atoms with van der Waals surface area (Å²) in [6.45, 7) is 0.00844. The fourth-order valence-corrected chi connectivity index (χ4v) is 5.17. The number of carbonyl (C=O) groups excluding carboxylic acids is 3. The zero-order valence-corrected chi connectivity index (χ0v) is 23.1. The SMILES string of the molecule is O=C(O)CCNC(=O)c1ccc(C(=O)C(=CC(=O)c2ccc(-c3ccccc3)cc2)c2ccc3c(c2)CCCC3)cc1. The van der Waals surface area contributed by atoms with Crippen molar-refractivity contribution >= 4 is 29.0 Å². The highest BCUT2D eigenvalue weighted by Crippen LogP contribution is 2.28. The molecule has 0 aromatic heterocycles. The van der Waals surface area contributed by atoms with Crippen LogP contribution in [0.3, 0.4) is 0 Å². The summed E-state index contributed by atoms with van der Waals surface area (Å²) in [5.41, 5.74) is 6.63. The number of nitrogens with one attached hydrogen (secondary N) is 1. The molecule has 210 valence electrons. The lowest BCUT2D eigenvalue weighted by molar-refractivity contribution is -0.136. The number of aliphatic carboxylic acids is 1. The van der Waals surface area contributed by atoms with Crippen molar-refractivity contribution < 1.29 is 24.3 Å². The second-order valence-electron chi connectivity index (χ2n) is 10.4. The second kappa shape index (κ2) is 13.0. The smallest absolute Gasteiger partial charge is 0.305 e. The Bertz CT molecular complexity index is 1650. The number of hydrogen-bond acceptors (Lipinski definition) is 4. The molecule has 1 amide bonds. The van der Waals surface area contributed by atoms with Crippen LogP contribution in [0.25, 0.3) is 16.7 Å². The molecule has 4 aromatic rings. The molecule has 2 N–H and O–H groups in total. The molecular weight excluding hydrogens is 526 g/mol. The molecular formula is C36H31NO5. The summed E-state index contributed by atoms with van der Waals surface area (Å²) in [5.74, 6) is -2.02. The monoisotopic (exact) mass is 557 g/mol. The van der Waals surface area contributed by atoms with Gasteiger partial charge in [-0.25, -0.2) is 0 Å². The van der Waals surface area contributed by atoms with Gasteiger partial charge in [-0.15, -0.1) is 0 Å². The van der Waals surface area contributed by atoms with Crippen LogP contribution in [0.15, 0.2) is 103 Å². The first-order chi connectivity index (χ1) is 20.4. The van der Waals surface area contributed by atoms with Crippen molar-refractivity contribution in [2.45, 2.75) is 32.1 Å². The van der Waals surface area contributed by atoms with Crippen molar-refractivity contribution in [3.63, 3.8) is 0 Å². The third-order valence-electron chi connectivity index (χ3n) is 7.49. The van der Waals surface area contributed by atoms with Crippen molar-refractivity contribution in [1.82, 2.24) is 5.32 Å². The van der Waals surface area contributed by atoms with E-state index in [1.807, 2.05) is 54.6 Å².